The molecular weight excluding hydrogens is 224 g/mol. The molecule has 0 saturated carbocycles. The first-order valence-electron chi connectivity index (χ1n) is 6.53. The highest BCUT2D eigenvalue weighted by atomic mass is 16.1. The van der Waals surface area contributed by atoms with Crippen molar-refractivity contribution in [2.24, 2.45) is 11.7 Å². The van der Waals surface area contributed by atoms with E-state index < -0.39 is 0 Å². The van der Waals surface area contributed by atoms with E-state index in [-0.39, 0.29) is 5.91 Å². The molecule has 0 aliphatic heterocycles. The van der Waals surface area contributed by atoms with E-state index >= 15 is 0 Å². The highest BCUT2D eigenvalue weighted by Gasteiger charge is 2.12. The molecule has 0 aromatic heterocycles. The Morgan fingerprint density at radius 3 is 2.11 bits per heavy atom. The number of hydrogen-bond donors (Lipinski definition) is 1. The summed E-state index contributed by atoms with van der Waals surface area (Å²) in [6.45, 7) is 10.9. The van der Waals surface area contributed by atoms with Crippen molar-refractivity contribution in [1.82, 2.24) is 4.90 Å². The lowest BCUT2D eigenvalue weighted by Crippen LogP contribution is -2.33. The van der Waals surface area contributed by atoms with Crippen LogP contribution in [-0.2, 0) is 6.54 Å². The lowest BCUT2D eigenvalue weighted by Gasteiger charge is -2.28. The summed E-state index contributed by atoms with van der Waals surface area (Å²) in [6.07, 6.45) is 0. The van der Waals surface area contributed by atoms with Crippen molar-refractivity contribution in [3.05, 3.63) is 35.4 Å². The maximum atomic E-state index is 11.0. The van der Waals surface area contributed by atoms with Gasteiger partial charge in [-0.1, -0.05) is 26.0 Å². The summed E-state index contributed by atoms with van der Waals surface area (Å²) < 4.78 is 0. The summed E-state index contributed by atoms with van der Waals surface area (Å²) in [6, 6.07) is 8.08. The second-order valence-corrected chi connectivity index (χ2v) is 5.48. The monoisotopic (exact) mass is 248 g/mol. The van der Waals surface area contributed by atoms with Gasteiger partial charge >= 0.3 is 0 Å². The fourth-order valence-electron chi connectivity index (χ4n) is 1.94. The molecule has 18 heavy (non-hydrogen) atoms. The van der Waals surface area contributed by atoms with Crippen LogP contribution in [0.15, 0.2) is 24.3 Å². The van der Waals surface area contributed by atoms with Crippen LogP contribution in [-0.4, -0.2) is 23.4 Å². The normalized spacial score (nSPS) is 11.5. The summed E-state index contributed by atoms with van der Waals surface area (Å²) in [5, 5.41) is 0. The molecular formula is C15H24N2O. The Morgan fingerprint density at radius 1 is 1.17 bits per heavy atom. The zero-order valence-corrected chi connectivity index (χ0v) is 11.8. The zero-order chi connectivity index (χ0) is 13.7. The highest BCUT2D eigenvalue weighted by molar-refractivity contribution is 5.92. The third-order valence-electron chi connectivity index (χ3n) is 2.95. The van der Waals surface area contributed by atoms with Crippen molar-refractivity contribution in [3.63, 3.8) is 0 Å². The molecule has 2 N–H and O–H groups in total. The van der Waals surface area contributed by atoms with Crippen LogP contribution in [0.2, 0.25) is 0 Å². The van der Waals surface area contributed by atoms with Gasteiger partial charge in [-0.3, -0.25) is 9.69 Å². The van der Waals surface area contributed by atoms with Gasteiger partial charge in [0.05, 0.1) is 0 Å². The number of benzene rings is 1. The standard InChI is InChI=1S/C15H24N2O/c1-11(2)9-17(12(3)4)10-13-5-7-14(8-6-13)15(16)18/h5-8,11-12H,9-10H2,1-4H3,(H2,16,18). The van der Waals surface area contributed by atoms with Gasteiger partial charge in [0.2, 0.25) is 5.91 Å². The number of carbonyl (C=O) groups is 1. The molecule has 0 fully saturated rings. The molecule has 3 nitrogen and oxygen atoms in total. The van der Waals surface area contributed by atoms with E-state index in [1.165, 1.54) is 5.56 Å². The second kappa shape index (κ2) is 6.55. The van der Waals surface area contributed by atoms with Crippen LogP contribution in [0.25, 0.3) is 0 Å². The number of amides is 1. The van der Waals surface area contributed by atoms with E-state index in [1.807, 2.05) is 12.1 Å². The van der Waals surface area contributed by atoms with Crippen molar-refractivity contribution in [2.45, 2.75) is 40.3 Å². The van der Waals surface area contributed by atoms with Crippen molar-refractivity contribution in [1.29, 1.82) is 0 Å². The van der Waals surface area contributed by atoms with Gasteiger partial charge in [0, 0.05) is 24.7 Å². The molecule has 1 aromatic rings. The van der Waals surface area contributed by atoms with E-state index in [0.29, 0.717) is 17.5 Å². The minimum atomic E-state index is -0.371. The maximum absolute atomic E-state index is 11.0. The molecule has 0 saturated heterocycles. The number of primary amides is 1. The summed E-state index contributed by atoms with van der Waals surface area (Å²) in [5.74, 6) is 0.279. The Labute approximate surface area is 110 Å². The van der Waals surface area contributed by atoms with Crippen LogP contribution in [0.5, 0.6) is 0 Å². The molecule has 1 amide bonds. The fraction of sp³-hybridized carbons (Fsp3) is 0.533. The van der Waals surface area contributed by atoms with Crippen molar-refractivity contribution in [2.75, 3.05) is 6.54 Å². The number of hydrogen-bond acceptors (Lipinski definition) is 2. The average molecular weight is 248 g/mol. The predicted octanol–water partition coefficient (Wildman–Crippen LogP) is 2.65. The molecule has 3 heteroatoms. The van der Waals surface area contributed by atoms with E-state index in [1.54, 1.807) is 12.1 Å². The SMILES string of the molecule is CC(C)CN(Cc1ccc(C(N)=O)cc1)C(C)C. The predicted molar refractivity (Wildman–Crippen MR) is 75.3 cm³/mol. The first kappa shape index (κ1) is 14.7. The summed E-state index contributed by atoms with van der Waals surface area (Å²) in [7, 11) is 0. The van der Waals surface area contributed by atoms with Crippen LogP contribution in [0.4, 0.5) is 0 Å². The fourth-order valence-corrected chi connectivity index (χ4v) is 1.94. The zero-order valence-electron chi connectivity index (χ0n) is 11.8. The van der Waals surface area contributed by atoms with E-state index in [4.69, 9.17) is 5.73 Å². The molecule has 0 aliphatic carbocycles. The summed E-state index contributed by atoms with van der Waals surface area (Å²) in [5.41, 5.74) is 7.02. The van der Waals surface area contributed by atoms with Crippen molar-refractivity contribution >= 4 is 5.91 Å². The van der Waals surface area contributed by atoms with Crippen LogP contribution < -0.4 is 5.73 Å². The van der Waals surface area contributed by atoms with Gasteiger partial charge < -0.3 is 5.73 Å². The summed E-state index contributed by atoms with van der Waals surface area (Å²) in [4.78, 5) is 13.4. The first-order chi connectivity index (χ1) is 8.40. The first-order valence-corrected chi connectivity index (χ1v) is 6.53. The maximum Gasteiger partial charge on any atom is 0.248 e. The highest BCUT2D eigenvalue weighted by Crippen LogP contribution is 2.12. The number of rotatable bonds is 6. The van der Waals surface area contributed by atoms with Gasteiger partial charge in [0.15, 0.2) is 0 Å². The van der Waals surface area contributed by atoms with Gasteiger partial charge in [0.25, 0.3) is 0 Å². The molecule has 100 valence electrons. The molecule has 0 heterocycles. The van der Waals surface area contributed by atoms with Crippen LogP contribution in [0, 0.1) is 5.92 Å². The topological polar surface area (TPSA) is 46.3 Å². The Kier molecular flexibility index (Phi) is 5.35. The average Bonchev–Trinajstić information content (AvgIpc) is 2.28. The Hall–Kier alpha value is -1.35. The van der Waals surface area contributed by atoms with Gasteiger partial charge in [-0.25, -0.2) is 0 Å². The van der Waals surface area contributed by atoms with Gasteiger partial charge in [-0.2, -0.15) is 0 Å². The Bertz CT molecular complexity index is 382. The van der Waals surface area contributed by atoms with Gasteiger partial charge in [-0.15, -0.1) is 0 Å². The molecule has 0 bridgehead atoms. The largest absolute Gasteiger partial charge is 0.366 e. The summed E-state index contributed by atoms with van der Waals surface area (Å²) >= 11 is 0. The smallest absolute Gasteiger partial charge is 0.248 e. The van der Waals surface area contributed by atoms with Crippen molar-refractivity contribution in [3.8, 4) is 0 Å². The minimum Gasteiger partial charge on any atom is -0.366 e. The molecule has 1 aromatic carbocycles. The quantitative estimate of drug-likeness (QED) is 0.841. The number of nitrogens with two attached hydrogens (primary N) is 1. The van der Waals surface area contributed by atoms with Crippen LogP contribution >= 0.6 is 0 Å². The Balaban J connectivity index is 2.72. The number of carbonyl (C=O) groups excluding carboxylic acids is 1. The lowest BCUT2D eigenvalue weighted by molar-refractivity contribution is 0.1000. The second-order valence-electron chi connectivity index (χ2n) is 5.48. The molecule has 1 rings (SSSR count). The molecule has 0 atom stereocenters. The molecule has 0 spiro atoms. The minimum absolute atomic E-state index is 0.371. The van der Waals surface area contributed by atoms with Crippen molar-refractivity contribution < 1.29 is 4.79 Å². The van der Waals surface area contributed by atoms with Gasteiger partial charge in [-0.05, 0) is 37.5 Å². The third-order valence-corrected chi connectivity index (χ3v) is 2.95. The third kappa shape index (κ3) is 4.49. The van der Waals surface area contributed by atoms with Gasteiger partial charge in [0.1, 0.15) is 0 Å². The molecule has 0 unspecified atom stereocenters. The lowest BCUT2D eigenvalue weighted by atomic mass is 10.1. The molecule has 0 aliphatic rings. The molecule has 0 radical (unpaired) electrons. The number of nitrogens with zero attached hydrogens (tertiary/aromatic N) is 1. The van der Waals surface area contributed by atoms with E-state index in [2.05, 4.69) is 32.6 Å². The van der Waals surface area contributed by atoms with E-state index in [0.717, 1.165) is 13.1 Å². The van der Waals surface area contributed by atoms with Crippen LogP contribution in [0.3, 0.4) is 0 Å². The van der Waals surface area contributed by atoms with E-state index in [9.17, 15) is 4.79 Å². The Morgan fingerprint density at radius 2 is 1.72 bits per heavy atom. The van der Waals surface area contributed by atoms with Crippen LogP contribution in [0.1, 0.15) is 43.6 Å².